The van der Waals surface area contributed by atoms with E-state index in [1.54, 1.807) is 0 Å². The Labute approximate surface area is 96.6 Å². The molecule has 0 fully saturated rings. The van der Waals surface area contributed by atoms with Gasteiger partial charge in [0.25, 0.3) is 0 Å². The highest BCUT2D eigenvalue weighted by molar-refractivity contribution is 6.33. The van der Waals surface area contributed by atoms with Gasteiger partial charge in [-0.1, -0.05) is 0 Å². The van der Waals surface area contributed by atoms with Crippen LogP contribution < -0.4 is 5.32 Å². The van der Waals surface area contributed by atoms with E-state index in [0.717, 1.165) is 6.07 Å². The Morgan fingerprint density at radius 3 is 2.88 bits per heavy atom. The fourth-order valence-corrected chi connectivity index (χ4v) is 1.80. The number of alkyl halides is 1. The molecule has 1 atom stereocenters. The minimum atomic E-state index is -0.706. The van der Waals surface area contributed by atoms with Gasteiger partial charge in [-0.15, -0.1) is 11.6 Å². The van der Waals surface area contributed by atoms with Gasteiger partial charge in [0.15, 0.2) is 5.78 Å². The number of carbonyl (C=O) groups excluding carboxylic acids is 2. The second kappa shape index (κ2) is 3.87. The second-order valence-corrected chi connectivity index (χ2v) is 4.35. The summed E-state index contributed by atoms with van der Waals surface area (Å²) in [6.45, 7) is 1.53. The van der Waals surface area contributed by atoms with Gasteiger partial charge < -0.3 is 5.32 Å². The molecule has 5 heteroatoms. The Morgan fingerprint density at radius 2 is 2.25 bits per heavy atom. The number of anilines is 1. The van der Waals surface area contributed by atoms with Crippen LogP contribution in [0.15, 0.2) is 12.1 Å². The summed E-state index contributed by atoms with van der Waals surface area (Å²) in [5.74, 6) is -1.20. The third-order valence-corrected chi connectivity index (χ3v) is 2.63. The zero-order valence-corrected chi connectivity index (χ0v) is 9.27. The summed E-state index contributed by atoms with van der Waals surface area (Å²) in [6, 6.07) is 2.61. The van der Waals surface area contributed by atoms with Crippen LogP contribution in [0.1, 0.15) is 22.8 Å². The zero-order valence-electron chi connectivity index (χ0n) is 8.51. The van der Waals surface area contributed by atoms with Crippen molar-refractivity contribution in [3.8, 4) is 0 Å². The lowest BCUT2D eigenvalue weighted by molar-refractivity contribution is -0.115. The van der Waals surface area contributed by atoms with Crippen LogP contribution in [0.2, 0.25) is 0 Å². The van der Waals surface area contributed by atoms with Gasteiger partial charge in [0, 0.05) is 5.56 Å². The van der Waals surface area contributed by atoms with Crippen molar-refractivity contribution in [3.63, 3.8) is 0 Å². The lowest BCUT2D eigenvalue weighted by Gasteiger charge is -2.06. The molecule has 0 saturated carbocycles. The second-order valence-electron chi connectivity index (χ2n) is 3.70. The Morgan fingerprint density at radius 1 is 1.56 bits per heavy atom. The third-order valence-electron chi connectivity index (χ3n) is 2.43. The molecule has 0 bridgehead atoms. The number of fused-ring (bicyclic) bond motifs is 1. The normalized spacial score (nSPS) is 15.6. The first-order chi connectivity index (χ1) is 7.49. The number of ketones is 1. The molecule has 1 aliphatic heterocycles. The van der Waals surface area contributed by atoms with Gasteiger partial charge >= 0.3 is 0 Å². The quantitative estimate of drug-likeness (QED) is 0.637. The summed E-state index contributed by atoms with van der Waals surface area (Å²) >= 11 is 5.64. The van der Waals surface area contributed by atoms with E-state index in [1.165, 1.54) is 13.0 Å². The van der Waals surface area contributed by atoms with Gasteiger partial charge in [0.1, 0.15) is 5.82 Å². The molecule has 1 aromatic rings. The highest BCUT2D eigenvalue weighted by Gasteiger charge is 2.24. The molecule has 1 aromatic carbocycles. The number of hydrogen-bond donors (Lipinski definition) is 1. The monoisotopic (exact) mass is 241 g/mol. The molecule has 0 spiro atoms. The number of nitrogens with one attached hydrogen (secondary N) is 1. The average molecular weight is 242 g/mol. The maximum Gasteiger partial charge on any atom is 0.228 e. The minimum absolute atomic E-state index is 0.101. The van der Waals surface area contributed by atoms with Gasteiger partial charge in [0.2, 0.25) is 5.91 Å². The van der Waals surface area contributed by atoms with E-state index in [-0.39, 0.29) is 29.4 Å². The number of hydrogen-bond acceptors (Lipinski definition) is 2. The smallest absolute Gasteiger partial charge is 0.228 e. The SMILES string of the molecule is CC(Cl)C(=O)c1cc(F)c2c(c1)CC(=O)N2. The lowest BCUT2D eigenvalue weighted by Crippen LogP contribution is -2.11. The molecule has 1 amide bonds. The first-order valence-corrected chi connectivity index (χ1v) is 5.23. The van der Waals surface area contributed by atoms with Crippen molar-refractivity contribution >= 4 is 29.0 Å². The molecule has 1 aliphatic rings. The van der Waals surface area contributed by atoms with Crippen LogP contribution in [0.3, 0.4) is 0 Å². The predicted octanol–water partition coefficient (Wildman–Crippen LogP) is 2.13. The predicted molar refractivity (Wildman–Crippen MR) is 58.4 cm³/mol. The van der Waals surface area contributed by atoms with Gasteiger partial charge in [-0.25, -0.2) is 4.39 Å². The molecule has 3 nitrogen and oxygen atoms in total. The molecular weight excluding hydrogens is 233 g/mol. The van der Waals surface area contributed by atoms with Crippen LogP contribution in [0.25, 0.3) is 0 Å². The number of benzene rings is 1. The molecule has 0 saturated heterocycles. The maximum absolute atomic E-state index is 13.5. The van der Waals surface area contributed by atoms with Crippen molar-refractivity contribution in [2.75, 3.05) is 5.32 Å². The van der Waals surface area contributed by atoms with Crippen molar-refractivity contribution in [2.24, 2.45) is 0 Å². The zero-order chi connectivity index (χ0) is 11.9. The van der Waals surface area contributed by atoms with Crippen molar-refractivity contribution in [3.05, 3.63) is 29.1 Å². The molecule has 0 aliphatic carbocycles. The van der Waals surface area contributed by atoms with E-state index >= 15 is 0 Å². The molecule has 16 heavy (non-hydrogen) atoms. The van der Waals surface area contributed by atoms with Crippen LogP contribution in [0.5, 0.6) is 0 Å². The summed E-state index contributed by atoms with van der Waals surface area (Å²) in [6.07, 6.45) is 0.101. The average Bonchev–Trinajstić information content (AvgIpc) is 2.57. The lowest BCUT2D eigenvalue weighted by atomic mass is 10.0. The van der Waals surface area contributed by atoms with Gasteiger partial charge in [-0.05, 0) is 24.6 Å². The highest BCUT2D eigenvalue weighted by Crippen LogP contribution is 2.28. The fourth-order valence-electron chi connectivity index (χ4n) is 1.67. The van der Waals surface area contributed by atoms with Crippen LogP contribution in [-0.2, 0) is 11.2 Å². The van der Waals surface area contributed by atoms with Crippen LogP contribution in [0, 0.1) is 5.82 Å². The summed E-state index contributed by atoms with van der Waals surface area (Å²) < 4.78 is 13.5. The standard InChI is InChI=1S/C11H9ClFNO2/c1-5(12)11(16)7-2-6-4-9(15)14-10(6)8(13)3-7/h2-3,5H,4H2,1H3,(H,14,15). The Hall–Kier alpha value is -1.42. The molecule has 2 rings (SSSR count). The van der Waals surface area contributed by atoms with E-state index in [1.807, 2.05) is 0 Å². The fraction of sp³-hybridized carbons (Fsp3) is 0.273. The summed E-state index contributed by atoms with van der Waals surface area (Å²) in [7, 11) is 0. The maximum atomic E-state index is 13.5. The summed E-state index contributed by atoms with van der Waals surface area (Å²) in [4.78, 5) is 22.7. The number of halogens is 2. The number of carbonyl (C=O) groups is 2. The first-order valence-electron chi connectivity index (χ1n) is 4.79. The van der Waals surface area contributed by atoms with Crippen LogP contribution in [-0.4, -0.2) is 17.1 Å². The van der Waals surface area contributed by atoms with Crippen molar-refractivity contribution in [2.45, 2.75) is 18.7 Å². The number of Topliss-reactive ketones (excluding diaryl/α,β-unsaturated/α-hetero) is 1. The van der Waals surface area contributed by atoms with E-state index in [0.29, 0.717) is 5.56 Å². The van der Waals surface area contributed by atoms with Gasteiger partial charge in [0.05, 0.1) is 17.5 Å². The molecular formula is C11H9ClFNO2. The molecule has 1 N–H and O–H groups in total. The van der Waals surface area contributed by atoms with E-state index < -0.39 is 11.2 Å². The Balaban J connectivity index is 2.46. The largest absolute Gasteiger partial charge is 0.323 e. The molecule has 1 heterocycles. The Bertz CT molecular complexity index is 485. The molecule has 0 aromatic heterocycles. The number of amides is 1. The van der Waals surface area contributed by atoms with Crippen molar-refractivity contribution < 1.29 is 14.0 Å². The molecule has 84 valence electrons. The third kappa shape index (κ3) is 1.80. The minimum Gasteiger partial charge on any atom is -0.323 e. The Kier molecular flexibility index (Phi) is 2.68. The van der Waals surface area contributed by atoms with Gasteiger partial charge in [-0.3, -0.25) is 9.59 Å². The summed E-state index contributed by atoms with van der Waals surface area (Å²) in [5.41, 5.74) is 0.879. The van der Waals surface area contributed by atoms with Crippen molar-refractivity contribution in [1.29, 1.82) is 0 Å². The van der Waals surface area contributed by atoms with Crippen LogP contribution >= 0.6 is 11.6 Å². The van der Waals surface area contributed by atoms with E-state index in [2.05, 4.69) is 5.32 Å². The summed E-state index contributed by atoms with van der Waals surface area (Å²) in [5, 5.41) is 1.70. The van der Waals surface area contributed by atoms with E-state index in [9.17, 15) is 14.0 Å². The van der Waals surface area contributed by atoms with E-state index in [4.69, 9.17) is 11.6 Å². The first kappa shape index (κ1) is 11.1. The van der Waals surface area contributed by atoms with Gasteiger partial charge in [-0.2, -0.15) is 0 Å². The van der Waals surface area contributed by atoms with Crippen LogP contribution in [0.4, 0.5) is 10.1 Å². The van der Waals surface area contributed by atoms with Crippen molar-refractivity contribution in [1.82, 2.24) is 0 Å². The molecule has 0 radical (unpaired) electrons. The highest BCUT2D eigenvalue weighted by atomic mass is 35.5. The topological polar surface area (TPSA) is 46.2 Å². The number of rotatable bonds is 2. The molecule has 1 unspecified atom stereocenters.